The van der Waals surface area contributed by atoms with Gasteiger partial charge < -0.3 is 5.11 Å². The number of hydrogen-bond acceptors (Lipinski definition) is 6. The van der Waals surface area contributed by atoms with Crippen LogP contribution in [0.3, 0.4) is 0 Å². The quantitative estimate of drug-likeness (QED) is 0.844. The number of thiophene rings is 1. The second-order valence-electron chi connectivity index (χ2n) is 3.48. The van der Waals surface area contributed by atoms with E-state index >= 15 is 0 Å². The molecular weight excluding hydrogens is 286 g/mol. The number of aryl methyl sites for hydroxylation is 1. The Balaban J connectivity index is 2.15. The second kappa shape index (κ2) is 5.72. The van der Waals surface area contributed by atoms with Crippen molar-refractivity contribution in [1.82, 2.24) is 9.36 Å². The molecule has 0 saturated heterocycles. The maximum atomic E-state index is 12.0. The molecule has 0 radical (unpaired) electrons. The van der Waals surface area contributed by atoms with Gasteiger partial charge in [-0.1, -0.05) is 0 Å². The Morgan fingerprint density at radius 2 is 2.26 bits per heavy atom. The molecule has 2 rings (SSSR count). The van der Waals surface area contributed by atoms with E-state index in [1.807, 2.05) is 0 Å². The third kappa shape index (κ3) is 3.46. The van der Waals surface area contributed by atoms with Crippen LogP contribution in [0, 0.1) is 6.92 Å². The van der Waals surface area contributed by atoms with Crippen molar-refractivity contribution in [3.8, 4) is 0 Å². The Bertz CT molecular complexity index is 645. The van der Waals surface area contributed by atoms with E-state index in [0.717, 1.165) is 17.6 Å². The van der Waals surface area contributed by atoms with Crippen LogP contribution in [0.4, 0.5) is 5.13 Å². The van der Waals surface area contributed by atoms with Crippen LogP contribution in [0.15, 0.2) is 17.5 Å². The van der Waals surface area contributed by atoms with Crippen LogP contribution in [0.5, 0.6) is 0 Å². The van der Waals surface area contributed by atoms with Crippen LogP contribution in [-0.4, -0.2) is 26.3 Å². The molecule has 0 atom stereocenters. The van der Waals surface area contributed by atoms with Gasteiger partial charge in [0.2, 0.25) is 5.13 Å². The maximum Gasteiger partial charge on any atom is 0.328 e. The number of anilines is 1. The molecule has 0 aliphatic rings. The topological polar surface area (TPSA) is 92.2 Å². The first-order chi connectivity index (χ1) is 9.06. The largest absolute Gasteiger partial charge is 0.478 e. The molecule has 19 heavy (non-hydrogen) atoms. The molecule has 0 aliphatic heterocycles. The lowest BCUT2D eigenvalue weighted by atomic mass is 10.2. The van der Waals surface area contributed by atoms with Gasteiger partial charge in [-0.25, -0.2) is 9.78 Å². The molecular formula is C11H9N3O3S2. The molecule has 0 saturated carbocycles. The maximum absolute atomic E-state index is 12.0. The zero-order chi connectivity index (χ0) is 13.8. The number of carboxylic acid groups (broad SMARTS) is 1. The first-order valence-corrected chi connectivity index (χ1v) is 6.81. The van der Waals surface area contributed by atoms with E-state index < -0.39 is 5.97 Å². The van der Waals surface area contributed by atoms with Crippen molar-refractivity contribution in [3.05, 3.63) is 33.8 Å². The summed E-state index contributed by atoms with van der Waals surface area (Å²) in [5.74, 6) is -0.786. The van der Waals surface area contributed by atoms with Gasteiger partial charge >= 0.3 is 5.97 Å². The minimum atomic E-state index is -1.06. The molecule has 1 amide bonds. The van der Waals surface area contributed by atoms with Crippen molar-refractivity contribution in [2.75, 3.05) is 5.32 Å². The van der Waals surface area contributed by atoms with Crippen molar-refractivity contribution in [3.63, 3.8) is 0 Å². The summed E-state index contributed by atoms with van der Waals surface area (Å²) in [7, 11) is 0. The first-order valence-electron chi connectivity index (χ1n) is 5.16. The number of aliphatic carboxylic acids is 1. The van der Waals surface area contributed by atoms with Crippen molar-refractivity contribution in [2.24, 2.45) is 0 Å². The third-order valence-electron chi connectivity index (χ3n) is 2.06. The SMILES string of the molecule is Cc1nsc(NC(=O)c2sccc2/C=C/C(=O)O)n1. The predicted molar refractivity (Wildman–Crippen MR) is 73.6 cm³/mol. The number of nitrogens with zero attached hydrogens (tertiary/aromatic N) is 2. The van der Waals surface area contributed by atoms with Crippen molar-refractivity contribution in [2.45, 2.75) is 6.92 Å². The fraction of sp³-hybridized carbons (Fsp3) is 0.0909. The van der Waals surface area contributed by atoms with Gasteiger partial charge in [-0.05, 0) is 30.0 Å². The summed E-state index contributed by atoms with van der Waals surface area (Å²) < 4.78 is 3.96. The fourth-order valence-corrected chi connectivity index (χ4v) is 2.65. The molecule has 0 bridgehead atoms. The molecule has 98 valence electrons. The average molecular weight is 295 g/mol. The monoisotopic (exact) mass is 295 g/mol. The number of amides is 1. The summed E-state index contributed by atoms with van der Waals surface area (Å²) in [5.41, 5.74) is 0.561. The Hall–Kier alpha value is -2.06. The lowest BCUT2D eigenvalue weighted by Gasteiger charge is -1.99. The highest BCUT2D eigenvalue weighted by Crippen LogP contribution is 2.20. The highest BCUT2D eigenvalue weighted by Gasteiger charge is 2.13. The zero-order valence-corrected chi connectivity index (χ0v) is 11.4. The van der Waals surface area contributed by atoms with Crippen LogP contribution in [-0.2, 0) is 4.79 Å². The number of carboxylic acids is 1. The highest BCUT2D eigenvalue weighted by atomic mass is 32.1. The molecule has 6 nitrogen and oxygen atoms in total. The van der Waals surface area contributed by atoms with Gasteiger partial charge in [-0.2, -0.15) is 4.37 Å². The van der Waals surface area contributed by atoms with Gasteiger partial charge in [0.05, 0.1) is 4.88 Å². The minimum Gasteiger partial charge on any atom is -0.478 e. The Morgan fingerprint density at radius 3 is 2.89 bits per heavy atom. The highest BCUT2D eigenvalue weighted by molar-refractivity contribution is 7.13. The average Bonchev–Trinajstić information content (AvgIpc) is 2.95. The Morgan fingerprint density at radius 1 is 1.47 bits per heavy atom. The number of rotatable bonds is 4. The zero-order valence-electron chi connectivity index (χ0n) is 9.78. The summed E-state index contributed by atoms with van der Waals surface area (Å²) in [6, 6.07) is 1.68. The van der Waals surface area contributed by atoms with Gasteiger partial charge in [0.25, 0.3) is 5.91 Å². The van der Waals surface area contributed by atoms with E-state index in [0.29, 0.717) is 21.4 Å². The van der Waals surface area contributed by atoms with Crippen molar-refractivity contribution < 1.29 is 14.7 Å². The van der Waals surface area contributed by atoms with Crippen LogP contribution >= 0.6 is 22.9 Å². The van der Waals surface area contributed by atoms with E-state index in [9.17, 15) is 9.59 Å². The van der Waals surface area contributed by atoms with E-state index in [4.69, 9.17) is 5.11 Å². The third-order valence-corrected chi connectivity index (χ3v) is 3.71. The van der Waals surface area contributed by atoms with Crippen LogP contribution in [0.2, 0.25) is 0 Å². The number of carbonyl (C=O) groups excluding carboxylic acids is 1. The van der Waals surface area contributed by atoms with Gasteiger partial charge in [0.15, 0.2) is 0 Å². The summed E-state index contributed by atoms with van der Waals surface area (Å²) in [4.78, 5) is 26.9. The van der Waals surface area contributed by atoms with Crippen LogP contribution in [0.25, 0.3) is 6.08 Å². The molecule has 2 heterocycles. The first kappa shape index (κ1) is 13.4. The molecule has 0 aliphatic carbocycles. The van der Waals surface area contributed by atoms with Crippen LogP contribution in [0.1, 0.15) is 21.1 Å². The lowest BCUT2D eigenvalue weighted by Crippen LogP contribution is -2.11. The van der Waals surface area contributed by atoms with Crippen LogP contribution < -0.4 is 5.32 Å². The molecule has 0 spiro atoms. The van der Waals surface area contributed by atoms with Crippen molar-refractivity contribution in [1.29, 1.82) is 0 Å². The standard InChI is InChI=1S/C11H9N3O3S2/c1-6-12-11(19-14-6)13-10(17)9-7(4-5-18-9)2-3-8(15)16/h2-5H,1H3,(H,15,16)(H,12,13,14,17)/b3-2+. The molecule has 2 aromatic heterocycles. The fourth-order valence-electron chi connectivity index (χ4n) is 1.30. The molecule has 0 unspecified atom stereocenters. The second-order valence-corrected chi connectivity index (χ2v) is 5.15. The van der Waals surface area contributed by atoms with Gasteiger partial charge in [-0.3, -0.25) is 10.1 Å². The summed E-state index contributed by atoms with van der Waals surface area (Å²) >= 11 is 2.33. The van der Waals surface area contributed by atoms with E-state index in [1.165, 1.54) is 17.4 Å². The summed E-state index contributed by atoms with van der Waals surface area (Å²) in [6.45, 7) is 1.73. The molecule has 0 fully saturated rings. The Labute approximate surface area is 116 Å². The van der Waals surface area contributed by atoms with E-state index in [-0.39, 0.29) is 5.91 Å². The predicted octanol–water partition coefficient (Wildman–Crippen LogP) is 2.26. The summed E-state index contributed by atoms with van der Waals surface area (Å²) in [5, 5.41) is 13.4. The normalized spacial score (nSPS) is 10.8. The minimum absolute atomic E-state index is 0.323. The lowest BCUT2D eigenvalue weighted by molar-refractivity contribution is -0.131. The molecule has 0 aromatic carbocycles. The van der Waals surface area contributed by atoms with Crippen molar-refractivity contribution >= 4 is 46.0 Å². The van der Waals surface area contributed by atoms with Gasteiger partial charge in [-0.15, -0.1) is 11.3 Å². The number of carbonyl (C=O) groups is 2. The Kier molecular flexibility index (Phi) is 4.03. The number of aromatic nitrogens is 2. The molecule has 2 aromatic rings. The van der Waals surface area contributed by atoms with E-state index in [2.05, 4.69) is 14.7 Å². The molecule has 8 heteroatoms. The number of hydrogen-bond donors (Lipinski definition) is 2. The smallest absolute Gasteiger partial charge is 0.328 e. The summed E-state index contributed by atoms with van der Waals surface area (Å²) in [6.07, 6.45) is 2.38. The van der Waals surface area contributed by atoms with E-state index in [1.54, 1.807) is 18.4 Å². The van der Waals surface area contributed by atoms with Gasteiger partial charge in [0.1, 0.15) is 5.82 Å². The molecule has 2 N–H and O–H groups in total. The van der Waals surface area contributed by atoms with Gasteiger partial charge in [0, 0.05) is 17.6 Å². The number of nitrogens with one attached hydrogen (secondary N) is 1.